The molecule has 0 aliphatic carbocycles. The summed E-state index contributed by atoms with van der Waals surface area (Å²) in [5.41, 5.74) is 5.90. The van der Waals surface area contributed by atoms with Crippen LogP contribution < -0.4 is 16.4 Å². The molecule has 0 saturated heterocycles. The molecule has 4 N–H and O–H groups in total. The largest absolute Gasteiger partial charge is 0.445 e. The van der Waals surface area contributed by atoms with Crippen LogP contribution in [0.4, 0.5) is 4.79 Å². The second-order valence-corrected chi connectivity index (χ2v) is 4.35. The van der Waals surface area contributed by atoms with Gasteiger partial charge in [0.05, 0.1) is 0 Å². The highest BCUT2D eigenvalue weighted by Gasteiger charge is 2.17. The summed E-state index contributed by atoms with van der Waals surface area (Å²) in [6, 6.07) is 8.13. The second kappa shape index (κ2) is 9.02. The average molecular weight is 303 g/mol. The van der Waals surface area contributed by atoms with Crippen molar-refractivity contribution in [3.63, 3.8) is 0 Å². The molecule has 22 heavy (non-hydrogen) atoms. The lowest BCUT2D eigenvalue weighted by Gasteiger charge is -2.13. The third-order valence-electron chi connectivity index (χ3n) is 2.61. The van der Waals surface area contributed by atoms with E-state index < -0.39 is 23.9 Å². The maximum atomic E-state index is 11.6. The molecule has 1 rings (SSSR count). The van der Waals surface area contributed by atoms with Gasteiger partial charge in [-0.25, -0.2) is 4.79 Å². The van der Waals surface area contributed by atoms with Gasteiger partial charge in [0.15, 0.2) is 0 Å². The van der Waals surface area contributed by atoms with Gasteiger partial charge in [-0.15, -0.1) is 12.3 Å². The first-order valence-corrected chi connectivity index (χ1v) is 6.49. The van der Waals surface area contributed by atoms with Crippen molar-refractivity contribution in [2.75, 3.05) is 6.54 Å². The van der Waals surface area contributed by atoms with Crippen LogP contribution in [-0.2, 0) is 20.9 Å². The lowest BCUT2D eigenvalue weighted by molar-refractivity contribution is -0.126. The number of nitrogens with one attached hydrogen (secondary N) is 2. The molecule has 0 saturated carbocycles. The molecule has 0 fully saturated rings. The Kier molecular flexibility index (Phi) is 6.99. The molecular weight excluding hydrogens is 286 g/mol. The highest BCUT2D eigenvalue weighted by Crippen LogP contribution is 2.00. The molecule has 0 aromatic heterocycles. The Labute approximate surface area is 128 Å². The minimum atomic E-state index is -0.959. The predicted molar refractivity (Wildman–Crippen MR) is 79.2 cm³/mol. The Balaban J connectivity index is 2.30. The standard InChI is InChI=1S/C15H17N3O4/c1-2-6-12(14(16)20)18-13(19)9-17-15(21)22-10-11-7-4-3-5-8-11/h1,3-5,7-8,12H,6,9-10H2,(H2,16,20)(H,17,21)(H,18,19)/t12-/m1/s1. The zero-order valence-electron chi connectivity index (χ0n) is 11.9. The van der Waals surface area contributed by atoms with Gasteiger partial charge < -0.3 is 21.1 Å². The fraction of sp³-hybridized carbons (Fsp3) is 0.267. The number of amides is 3. The summed E-state index contributed by atoms with van der Waals surface area (Å²) in [6.45, 7) is -0.253. The van der Waals surface area contributed by atoms with E-state index in [2.05, 4.69) is 16.6 Å². The van der Waals surface area contributed by atoms with Gasteiger partial charge in [0.1, 0.15) is 19.2 Å². The zero-order valence-corrected chi connectivity index (χ0v) is 11.9. The minimum Gasteiger partial charge on any atom is -0.445 e. The SMILES string of the molecule is C#CC[C@@H](NC(=O)CNC(=O)OCc1ccccc1)C(N)=O. The number of ether oxygens (including phenoxy) is 1. The Morgan fingerprint density at radius 1 is 1.27 bits per heavy atom. The number of alkyl carbamates (subject to hydrolysis) is 1. The van der Waals surface area contributed by atoms with E-state index in [0.29, 0.717) is 0 Å². The number of nitrogens with two attached hydrogens (primary N) is 1. The van der Waals surface area contributed by atoms with Crippen LogP contribution in [0.3, 0.4) is 0 Å². The third-order valence-corrected chi connectivity index (χ3v) is 2.61. The van der Waals surface area contributed by atoms with Crippen molar-refractivity contribution in [2.24, 2.45) is 5.73 Å². The van der Waals surface area contributed by atoms with Gasteiger partial charge >= 0.3 is 6.09 Å². The molecule has 1 atom stereocenters. The first kappa shape index (κ1) is 17.0. The molecular formula is C15H17N3O4. The molecule has 0 aliphatic heterocycles. The number of hydrogen-bond donors (Lipinski definition) is 3. The normalized spacial score (nSPS) is 10.9. The van der Waals surface area contributed by atoms with Crippen molar-refractivity contribution in [2.45, 2.75) is 19.1 Å². The molecule has 0 heterocycles. The fourth-order valence-corrected chi connectivity index (χ4v) is 1.51. The summed E-state index contributed by atoms with van der Waals surface area (Å²) < 4.78 is 4.92. The predicted octanol–water partition coefficient (Wildman–Crippen LogP) is -0.0938. The summed E-state index contributed by atoms with van der Waals surface area (Å²) in [6.07, 6.45) is 4.30. The van der Waals surface area contributed by atoms with Gasteiger partial charge in [-0.3, -0.25) is 9.59 Å². The van der Waals surface area contributed by atoms with Gasteiger partial charge in [0.25, 0.3) is 0 Å². The first-order chi connectivity index (χ1) is 10.5. The summed E-state index contributed by atoms with van der Waals surface area (Å²) >= 11 is 0. The molecule has 0 bridgehead atoms. The maximum absolute atomic E-state index is 11.6. The smallest absolute Gasteiger partial charge is 0.407 e. The van der Waals surface area contributed by atoms with E-state index in [9.17, 15) is 14.4 Å². The number of carbonyl (C=O) groups excluding carboxylic acids is 3. The van der Waals surface area contributed by atoms with Crippen LogP contribution in [0.1, 0.15) is 12.0 Å². The van der Waals surface area contributed by atoms with Crippen molar-refractivity contribution < 1.29 is 19.1 Å². The molecule has 1 aromatic carbocycles. The number of primary amides is 1. The fourth-order valence-electron chi connectivity index (χ4n) is 1.51. The molecule has 0 spiro atoms. The van der Waals surface area contributed by atoms with Crippen LogP contribution in [0.25, 0.3) is 0 Å². The van der Waals surface area contributed by atoms with Crippen LogP contribution in [0, 0.1) is 12.3 Å². The maximum Gasteiger partial charge on any atom is 0.407 e. The molecule has 1 aromatic rings. The molecule has 0 aliphatic rings. The molecule has 116 valence electrons. The average Bonchev–Trinajstić information content (AvgIpc) is 2.51. The number of benzene rings is 1. The Bertz CT molecular complexity index is 566. The molecule has 3 amide bonds. The van der Waals surface area contributed by atoms with E-state index in [1.807, 2.05) is 18.2 Å². The highest BCUT2D eigenvalue weighted by atomic mass is 16.5. The van der Waals surface area contributed by atoms with Crippen LogP contribution in [0.15, 0.2) is 30.3 Å². The molecule has 7 heteroatoms. The number of hydrogen-bond acceptors (Lipinski definition) is 4. The van der Waals surface area contributed by atoms with Gasteiger partial charge in [-0.1, -0.05) is 30.3 Å². The van der Waals surface area contributed by atoms with Crippen molar-refractivity contribution in [1.82, 2.24) is 10.6 Å². The Morgan fingerprint density at radius 3 is 2.55 bits per heavy atom. The zero-order chi connectivity index (χ0) is 16.4. The van der Waals surface area contributed by atoms with E-state index >= 15 is 0 Å². The van der Waals surface area contributed by atoms with Crippen molar-refractivity contribution >= 4 is 17.9 Å². The highest BCUT2D eigenvalue weighted by molar-refractivity contribution is 5.88. The van der Waals surface area contributed by atoms with Crippen LogP contribution in [0.2, 0.25) is 0 Å². The molecule has 0 unspecified atom stereocenters. The van der Waals surface area contributed by atoms with Crippen molar-refractivity contribution in [1.29, 1.82) is 0 Å². The van der Waals surface area contributed by atoms with Crippen molar-refractivity contribution in [3.05, 3.63) is 35.9 Å². The van der Waals surface area contributed by atoms with E-state index in [4.69, 9.17) is 16.9 Å². The first-order valence-electron chi connectivity index (χ1n) is 6.49. The quantitative estimate of drug-likeness (QED) is 0.611. The summed E-state index contributed by atoms with van der Waals surface area (Å²) in [5, 5.41) is 4.58. The van der Waals surface area contributed by atoms with Gasteiger partial charge in [0.2, 0.25) is 11.8 Å². The summed E-state index contributed by atoms with van der Waals surface area (Å²) in [7, 11) is 0. The lowest BCUT2D eigenvalue weighted by Crippen LogP contribution is -2.47. The van der Waals surface area contributed by atoms with Gasteiger partial charge in [-0.2, -0.15) is 0 Å². The number of carbonyl (C=O) groups is 3. The molecule has 0 radical (unpaired) electrons. The number of rotatable bonds is 7. The van der Waals surface area contributed by atoms with E-state index in [-0.39, 0.29) is 19.6 Å². The third kappa shape index (κ3) is 6.43. The van der Waals surface area contributed by atoms with Crippen molar-refractivity contribution in [3.8, 4) is 12.3 Å². The van der Waals surface area contributed by atoms with Crippen LogP contribution >= 0.6 is 0 Å². The lowest BCUT2D eigenvalue weighted by atomic mass is 10.2. The Hall–Kier alpha value is -3.01. The molecule has 7 nitrogen and oxygen atoms in total. The number of terminal acetylenes is 1. The van der Waals surface area contributed by atoms with E-state index in [1.54, 1.807) is 12.1 Å². The van der Waals surface area contributed by atoms with Gasteiger partial charge in [0, 0.05) is 6.42 Å². The monoisotopic (exact) mass is 303 g/mol. The topological polar surface area (TPSA) is 111 Å². The van der Waals surface area contributed by atoms with E-state index in [1.165, 1.54) is 0 Å². The van der Waals surface area contributed by atoms with Crippen LogP contribution in [-0.4, -0.2) is 30.5 Å². The summed E-state index contributed by atoms with van der Waals surface area (Å²) in [4.78, 5) is 34.0. The van der Waals surface area contributed by atoms with Gasteiger partial charge in [-0.05, 0) is 5.56 Å². The van der Waals surface area contributed by atoms with E-state index in [0.717, 1.165) is 5.56 Å². The van der Waals surface area contributed by atoms with Crippen LogP contribution in [0.5, 0.6) is 0 Å². The summed E-state index contributed by atoms with van der Waals surface area (Å²) in [5.74, 6) is 0.905. The Morgan fingerprint density at radius 2 is 1.95 bits per heavy atom. The minimum absolute atomic E-state index is 0.0144. The second-order valence-electron chi connectivity index (χ2n) is 4.35.